The van der Waals surface area contributed by atoms with E-state index in [1.165, 1.54) is 6.07 Å². The Morgan fingerprint density at radius 2 is 1.77 bits per heavy atom. The summed E-state index contributed by atoms with van der Waals surface area (Å²) < 4.78 is 10.5. The van der Waals surface area contributed by atoms with E-state index in [-0.39, 0.29) is 11.6 Å². The first-order valence-electron chi connectivity index (χ1n) is 9.19. The Balaban J connectivity index is 1.58. The largest absolute Gasteiger partial charge is 0.497 e. The van der Waals surface area contributed by atoms with Crippen molar-refractivity contribution in [3.8, 4) is 28.6 Å². The van der Waals surface area contributed by atoms with E-state index in [0.29, 0.717) is 23.6 Å². The van der Waals surface area contributed by atoms with Crippen LogP contribution in [0.15, 0.2) is 77.3 Å². The number of hydrogen-bond donors (Lipinski definition) is 1. The molecule has 8 nitrogen and oxygen atoms in total. The third kappa shape index (κ3) is 4.12. The Kier molecular flexibility index (Phi) is 5.38. The summed E-state index contributed by atoms with van der Waals surface area (Å²) in [6.45, 7) is 0.475. The molecule has 0 bridgehead atoms. The monoisotopic (exact) mass is 402 g/mol. The van der Waals surface area contributed by atoms with Crippen LogP contribution in [-0.2, 0) is 6.54 Å². The van der Waals surface area contributed by atoms with Crippen molar-refractivity contribution in [1.82, 2.24) is 10.1 Å². The standard InChI is InChI=1S/C22H18N4O4/c1-29-18-10-7-16(8-11-18)21-24-22(30-25-21)17-9-12-19(20(13-17)26(27)28)23-14-15-5-3-2-4-6-15/h2-13,23H,14H2,1H3. The average molecular weight is 402 g/mol. The maximum atomic E-state index is 11.6. The van der Waals surface area contributed by atoms with Crippen molar-refractivity contribution in [2.45, 2.75) is 6.54 Å². The van der Waals surface area contributed by atoms with Crippen molar-refractivity contribution in [2.75, 3.05) is 12.4 Å². The molecule has 8 heteroatoms. The zero-order valence-corrected chi connectivity index (χ0v) is 16.1. The van der Waals surface area contributed by atoms with Crippen LogP contribution >= 0.6 is 0 Å². The van der Waals surface area contributed by atoms with Gasteiger partial charge in [0, 0.05) is 23.7 Å². The van der Waals surface area contributed by atoms with E-state index in [1.54, 1.807) is 31.4 Å². The van der Waals surface area contributed by atoms with Crippen LogP contribution in [0.25, 0.3) is 22.8 Å². The van der Waals surface area contributed by atoms with Gasteiger partial charge < -0.3 is 14.6 Å². The molecule has 0 radical (unpaired) electrons. The van der Waals surface area contributed by atoms with E-state index < -0.39 is 4.92 Å². The maximum absolute atomic E-state index is 11.6. The van der Waals surface area contributed by atoms with Crippen molar-refractivity contribution in [1.29, 1.82) is 0 Å². The van der Waals surface area contributed by atoms with Crippen LogP contribution in [0.5, 0.6) is 5.75 Å². The fourth-order valence-corrected chi connectivity index (χ4v) is 2.96. The number of nitrogens with one attached hydrogen (secondary N) is 1. The minimum absolute atomic E-state index is 0.0624. The molecule has 150 valence electrons. The SMILES string of the molecule is COc1ccc(-c2noc(-c3ccc(NCc4ccccc4)c([N+](=O)[O-])c3)n2)cc1. The predicted molar refractivity (Wildman–Crippen MR) is 112 cm³/mol. The third-order valence-corrected chi connectivity index (χ3v) is 4.54. The molecule has 3 aromatic carbocycles. The van der Waals surface area contributed by atoms with Crippen LogP contribution in [0.1, 0.15) is 5.56 Å². The summed E-state index contributed by atoms with van der Waals surface area (Å²) in [7, 11) is 1.59. The number of nitro groups is 1. The van der Waals surface area contributed by atoms with E-state index in [4.69, 9.17) is 9.26 Å². The molecule has 4 aromatic rings. The smallest absolute Gasteiger partial charge is 0.293 e. The average Bonchev–Trinajstić information content (AvgIpc) is 3.28. The lowest BCUT2D eigenvalue weighted by Gasteiger charge is -2.08. The molecule has 0 amide bonds. The summed E-state index contributed by atoms with van der Waals surface area (Å²) in [6.07, 6.45) is 0. The molecular weight excluding hydrogens is 384 g/mol. The normalized spacial score (nSPS) is 10.6. The third-order valence-electron chi connectivity index (χ3n) is 4.54. The van der Waals surface area contributed by atoms with E-state index in [0.717, 1.165) is 16.9 Å². The molecule has 0 spiro atoms. The summed E-state index contributed by atoms with van der Waals surface area (Å²) >= 11 is 0. The minimum atomic E-state index is -0.433. The van der Waals surface area contributed by atoms with Crippen molar-refractivity contribution < 1.29 is 14.2 Å². The number of nitro benzene ring substituents is 1. The second-order valence-electron chi connectivity index (χ2n) is 6.48. The topological polar surface area (TPSA) is 103 Å². The zero-order valence-electron chi connectivity index (χ0n) is 16.1. The summed E-state index contributed by atoms with van der Waals surface area (Å²) in [5, 5.41) is 18.7. The predicted octanol–water partition coefficient (Wildman–Crippen LogP) is 4.93. The molecule has 0 unspecified atom stereocenters. The fraction of sp³-hybridized carbons (Fsp3) is 0.0909. The van der Waals surface area contributed by atoms with E-state index in [9.17, 15) is 10.1 Å². The highest BCUT2D eigenvalue weighted by atomic mass is 16.6. The van der Waals surface area contributed by atoms with Crippen molar-refractivity contribution in [3.05, 3.63) is 88.5 Å². The highest BCUT2D eigenvalue weighted by Crippen LogP contribution is 2.31. The summed E-state index contributed by atoms with van der Waals surface area (Å²) in [4.78, 5) is 15.5. The number of ether oxygens (including phenoxy) is 1. The first kappa shape index (κ1) is 19.1. The highest BCUT2D eigenvalue weighted by Gasteiger charge is 2.18. The van der Waals surface area contributed by atoms with Gasteiger partial charge in [-0.05, 0) is 42.0 Å². The molecule has 0 atom stereocenters. The molecule has 1 N–H and O–H groups in total. The molecule has 0 aliphatic rings. The van der Waals surface area contributed by atoms with Gasteiger partial charge in [-0.1, -0.05) is 35.5 Å². The van der Waals surface area contributed by atoms with Gasteiger partial charge in [-0.25, -0.2) is 0 Å². The van der Waals surface area contributed by atoms with Crippen LogP contribution in [-0.4, -0.2) is 22.2 Å². The van der Waals surface area contributed by atoms with Gasteiger partial charge in [0.2, 0.25) is 5.82 Å². The van der Waals surface area contributed by atoms with Crippen molar-refractivity contribution in [2.24, 2.45) is 0 Å². The van der Waals surface area contributed by atoms with Crippen LogP contribution in [0.4, 0.5) is 11.4 Å². The number of nitrogens with zero attached hydrogens (tertiary/aromatic N) is 3. The van der Waals surface area contributed by atoms with Crippen molar-refractivity contribution >= 4 is 11.4 Å². The molecular formula is C22H18N4O4. The molecule has 1 aromatic heterocycles. The van der Waals surface area contributed by atoms with Gasteiger partial charge in [-0.2, -0.15) is 4.98 Å². The molecule has 0 aliphatic carbocycles. The Hall–Kier alpha value is -4.20. The van der Waals surface area contributed by atoms with Crippen LogP contribution in [0, 0.1) is 10.1 Å². The molecule has 0 saturated heterocycles. The van der Waals surface area contributed by atoms with Gasteiger partial charge >= 0.3 is 0 Å². The second kappa shape index (κ2) is 8.44. The van der Waals surface area contributed by atoms with Crippen LogP contribution in [0.3, 0.4) is 0 Å². The van der Waals surface area contributed by atoms with E-state index >= 15 is 0 Å². The Morgan fingerprint density at radius 3 is 2.47 bits per heavy atom. The maximum Gasteiger partial charge on any atom is 0.293 e. The molecule has 30 heavy (non-hydrogen) atoms. The summed E-state index contributed by atoms with van der Waals surface area (Å²) in [5.74, 6) is 1.32. The van der Waals surface area contributed by atoms with Gasteiger partial charge in [-0.15, -0.1) is 0 Å². The van der Waals surface area contributed by atoms with E-state index in [2.05, 4.69) is 15.5 Å². The van der Waals surface area contributed by atoms with E-state index in [1.807, 2.05) is 42.5 Å². The van der Waals surface area contributed by atoms with Gasteiger partial charge in [-0.3, -0.25) is 10.1 Å². The minimum Gasteiger partial charge on any atom is -0.497 e. The number of anilines is 1. The van der Waals surface area contributed by atoms with Gasteiger partial charge in [0.05, 0.1) is 12.0 Å². The quantitative estimate of drug-likeness (QED) is 0.345. The number of hydrogen-bond acceptors (Lipinski definition) is 7. The molecule has 0 aliphatic heterocycles. The lowest BCUT2D eigenvalue weighted by Crippen LogP contribution is -2.02. The van der Waals surface area contributed by atoms with Gasteiger partial charge in [0.1, 0.15) is 11.4 Å². The fourth-order valence-electron chi connectivity index (χ4n) is 2.96. The molecule has 4 rings (SSSR count). The molecule has 0 saturated carbocycles. The lowest BCUT2D eigenvalue weighted by atomic mass is 10.1. The summed E-state index contributed by atoms with van der Waals surface area (Å²) in [5.41, 5.74) is 2.60. The number of benzene rings is 3. The van der Waals surface area contributed by atoms with Gasteiger partial charge in [0.15, 0.2) is 0 Å². The number of aromatic nitrogens is 2. The Morgan fingerprint density at radius 1 is 1.03 bits per heavy atom. The number of methoxy groups -OCH3 is 1. The van der Waals surface area contributed by atoms with Crippen LogP contribution < -0.4 is 10.1 Å². The van der Waals surface area contributed by atoms with Crippen molar-refractivity contribution in [3.63, 3.8) is 0 Å². The Bertz CT molecular complexity index is 1160. The molecule has 1 heterocycles. The Labute approximate surface area is 172 Å². The first-order chi connectivity index (χ1) is 14.6. The zero-order chi connectivity index (χ0) is 20.9. The lowest BCUT2D eigenvalue weighted by molar-refractivity contribution is -0.383. The highest BCUT2D eigenvalue weighted by molar-refractivity contribution is 5.70. The molecule has 0 fully saturated rings. The van der Waals surface area contributed by atoms with Gasteiger partial charge in [0.25, 0.3) is 11.6 Å². The number of rotatable bonds is 7. The summed E-state index contributed by atoms with van der Waals surface area (Å²) in [6, 6.07) is 21.7. The second-order valence-corrected chi connectivity index (χ2v) is 6.48. The first-order valence-corrected chi connectivity index (χ1v) is 9.19. The van der Waals surface area contributed by atoms with Crippen LogP contribution in [0.2, 0.25) is 0 Å².